The second-order valence-electron chi connectivity index (χ2n) is 3.41. The average Bonchev–Trinajstić information content (AvgIpc) is 2.15. The van der Waals surface area contributed by atoms with Crippen molar-refractivity contribution in [2.75, 3.05) is 0 Å². The molecule has 0 saturated heterocycles. The van der Waals surface area contributed by atoms with Crippen molar-refractivity contribution in [1.82, 2.24) is 4.98 Å². The maximum atomic E-state index is 10.9. The van der Waals surface area contributed by atoms with Crippen LogP contribution in [0.2, 0.25) is 0 Å². The lowest BCUT2D eigenvalue weighted by Gasteiger charge is -2.10. The zero-order chi connectivity index (χ0) is 10.6. The Balaban J connectivity index is 2.87. The van der Waals surface area contributed by atoms with Crippen molar-refractivity contribution >= 4 is 5.97 Å². The Morgan fingerprint density at radius 1 is 1.57 bits per heavy atom. The Labute approximate surface area is 83.8 Å². The molecule has 1 heterocycles. The molecule has 1 aromatic rings. The third-order valence-corrected chi connectivity index (χ3v) is 2.21. The summed E-state index contributed by atoms with van der Waals surface area (Å²) in [7, 11) is 0. The maximum absolute atomic E-state index is 10.9. The summed E-state index contributed by atoms with van der Waals surface area (Å²) in [6.45, 7) is 3.87. The van der Waals surface area contributed by atoms with Gasteiger partial charge in [-0.05, 0) is 25.0 Å². The highest BCUT2D eigenvalue weighted by atomic mass is 16.4. The highest BCUT2D eigenvalue weighted by Crippen LogP contribution is 2.20. The second-order valence-corrected chi connectivity index (χ2v) is 3.41. The Hall–Kier alpha value is -1.38. The molecular weight excluding hydrogens is 178 g/mol. The standard InChI is InChI=1S/C11H15NO2/c1-3-4-10(11(13)14)9-6-5-8(2)12-7-9/h5-7,10H,3-4H2,1-2H3,(H,13,14). The van der Waals surface area contributed by atoms with E-state index in [1.54, 1.807) is 6.20 Å². The normalized spacial score (nSPS) is 12.4. The van der Waals surface area contributed by atoms with Crippen LogP contribution in [-0.4, -0.2) is 16.1 Å². The molecular formula is C11H15NO2. The highest BCUT2D eigenvalue weighted by molar-refractivity contribution is 5.75. The van der Waals surface area contributed by atoms with Crippen molar-refractivity contribution in [1.29, 1.82) is 0 Å². The van der Waals surface area contributed by atoms with E-state index in [4.69, 9.17) is 5.11 Å². The number of carbonyl (C=O) groups is 1. The van der Waals surface area contributed by atoms with Gasteiger partial charge in [0.05, 0.1) is 5.92 Å². The first-order valence-corrected chi connectivity index (χ1v) is 4.80. The fraction of sp³-hybridized carbons (Fsp3) is 0.455. The van der Waals surface area contributed by atoms with Gasteiger partial charge in [0.2, 0.25) is 0 Å². The first-order valence-electron chi connectivity index (χ1n) is 4.80. The number of nitrogens with zero attached hydrogens (tertiary/aromatic N) is 1. The summed E-state index contributed by atoms with van der Waals surface area (Å²) in [5, 5.41) is 9.00. The molecule has 1 N–H and O–H groups in total. The molecule has 0 aliphatic heterocycles. The van der Waals surface area contributed by atoms with Gasteiger partial charge in [0.25, 0.3) is 0 Å². The fourth-order valence-corrected chi connectivity index (χ4v) is 1.41. The molecule has 1 unspecified atom stereocenters. The third kappa shape index (κ3) is 2.55. The quantitative estimate of drug-likeness (QED) is 0.798. The molecule has 1 rings (SSSR count). The van der Waals surface area contributed by atoms with Crippen LogP contribution in [0.5, 0.6) is 0 Å². The monoisotopic (exact) mass is 193 g/mol. The molecule has 1 aromatic heterocycles. The van der Waals surface area contributed by atoms with Gasteiger partial charge in [-0.3, -0.25) is 9.78 Å². The van der Waals surface area contributed by atoms with E-state index in [-0.39, 0.29) is 0 Å². The van der Waals surface area contributed by atoms with Gasteiger partial charge in [-0.15, -0.1) is 0 Å². The summed E-state index contributed by atoms with van der Waals surface area (Å²) in [5.74, 6) is -1.18. The van der Waals surface area contributed by atoms with E-state index < -0.39 is 11.9 Å². The minimum atomic E-state index is -0.766. The molecule has 14 heavy (non-hydrogen) atoms. The van der Waals surface area contributed by atoms with Crippen LogP contribution < -0.4 is 0 Å². The average molecular weight is 193 g/mol. The van der Waals surface area contributed by atoms with Crippen LogP contribution in [0.1, 0.15) is 36.9 Å². The lowest BCUT2D eigenvalue weighted by Crippen LogP contribution is -2.11. The lowest BCUT2D eigenvalue weighted by molar-refractivity contribution is -0.139. The van der Waals surface area contributed by atoms with Gasteiger partial charge in [0, 0.05) is 11.9 Å². The van der Waals surface area contributed by atoms with Crippen molar-refractivity contribution in [3.05, 3.63) is 29.6 Å². The van der Waals surface area contributed by atoms with E-state index in [0.29, 0.717) is 6.42 Å². The van der Waals surface area contributed by atoms with Crippen LogP contribution in [0.25, 0.3) is 0 Å². The fourth-order valence-electron chi connectivity index (χ4n) is 1.41. The summed E-state index contributed by atoms with van der Waals surface area (Å²) in [5.41, 5.74) is 1.71. The number of aromatic nitrogens is 1. The van der Waals surface area contributed by atoms with Gasteiger partial charge in [0.15, 0.2) is 0 Å². The summed E-state index contributed by atoms with van der Waals surface area (Å²) in [6, 6.07) is 3.69. The number of aryl methyl sites for hydroxylation is 1. The summed E-state index contributed by atoms with van der Waals surface area (Å²) < 4.78 is 0. The summed E-state index contributed by atoms with van der Waals surface area (Å²) >= 11 is 0. The molecule has 0 amide bonds. The molecule has 0 fully saturated rings. The van der Waals surface area contributed by atoms with Crippen LogP contribution in [0.4, 0.5) is 0 Å². The zero-order valence-corrected chi connectivity index (χ0v) is 8.53. The largest absolute Gasteiger partial charge is 0.481 e. The molecule has 0 aliphatic rings. The van der Waals surface area contributed by atoms with Crippen LogP contribution in [0, 0.1) is 6.92 Å². The lowest BCUT2D eigenvalue weighted by atomic mass is 9.96. The third-order valence-electron chi connectivity index (χ3n) is 2.21. The highest BCUT2D eigenvalue weighted by Gasteiger charge is 2.18. The van der Waals surface area contributed by atoms with Crippen molar-refractivity contribution in [3.8, 4) is 0 Å². The minimum absolute atomic E-state index is 0.409. The number of aliphatic carboxylic acids is 1. The topological polar surface area (TPSA) is 50.2 Å². The summed E-state index contributed by atoms with van der Waals surface area (Å²) in [6.07, 6.45) is 3.19. The van der Waals surface area contributed by atoms with Gasteiger partial charge in [0.1, 0.15) is 0 Å². The number of carboxylic acid groups (broad SMARTS) is 1. The predicted octanol–water partition coefficient (Wildman–Crippen LogP) is 2.36. The second kappa shape index (κ2) is 4.74. The molecule has 0 aromatic carbocycles. The Morgan fingerprint density at radius 3 is 2.71 bits per heavy atom. The smallest absolute Gasteiger partial charge is 0.311 e. The molecule has 3 heteroatoms. The summed E-state index contributed by atoms with van der Waals surface area (Å²) in [4.78, 5) is 15.0. The van der Waals surface area contributed by atoms with E-state index in [1.165, 1.54) is 0 Å². The first-order chi connectivity index (χ1) is 6.65. The van der Waals surface area contributed by atoms with Crippen molar-refractivity contribution in [2.24, 2.45) is 0 Å². The maximum Gasteiger partial charge on any atom is 0.311 e. The van der Waals surface area contributed by atoms with E-state index in [0.717, 1.165) is 17.7 Å². The molecule has 0 aliphatic carbocycles. The van der Waals surface area contributed by atoms with Crippen LogP contribution in [0.3, 0.4) is 0 Å². The number of carboxylic acids is 1. The number of hydrogen-bond acceptors (Lipinski definition) is 2. The van der Waals surface area contributed by atoms with E-state index in [2.05, 4.69) is 4.98 Å². The van der Waals surface area contributed by atoms with Crippen LogP contribution in [-0.2, 0) is 4.79 Å². The van der Waals surface area contributed by atoms with Crippen molar-refractivity contribution in [3.63, 3.8) is 0 Å². The van der Waals surface area contributed by atoms with E-state index in [1.807, 2.05) is 26.0 Å². The van der Waals surface area contributed by atoms with Crippen molar-refractivity contribution < 1.29 is 9.90 Å². The molecule has 0 radical (unpaired) electrons. The van der Waals surface area contributed by atoms with Gasteiger partial charge < -0.3 is 5.11 Å². The van der Waals surface area contributed by atoms with E-state index >= 15 is 0 Å². The van der Waals surface area contributed by atoms with Gasteiger partial charge in [-0.2, -0.15) is 0 Å². The van der Waals surface area contributed by atoms with Crippen LogP contribution >= 0.6 is 0 Å². The SMILES string of the molecule is CCCC(C(=O)O)c1ccc(C)nc1. The number of rotatable bonds is 4. The number of pyridine rings is 1. The Bertz CT molecular complexity index is 306. The minimum Gasteiger partial charge on any atom is -0.481 e. The van der Waals surface area contributed by atoms with Gasteiger partial charge >= 0.3 is 5.97 Å². The molecule has 3 nitrogen and oxygen atoms in total. The molecule has 0 spiro atoms. The molecule has 1 atom stereocenters. The molecule has 0 bridgehead atoms. The predicted molar refractivity (Wildman–Crippen MR) is 54.3 cm³/mol. The van der Waals surface area contributed by atoms with Gasteiger partial charge in [-0.25, -0.2) is 0 Å². The Kier molecular flexibility index (Phi) is 3.63. The molecule has 0 saturated carbocycles. The Morgan fingerprint density at radius 2 is 2.29 bits per heavy atom. The van der Waals surface area contributed by atoms with Crippen LogP contribution in [0.15, 0.2) is 18.3 Å². The molecule has 76 valence electrons. The first kappa shape index (κ1) is 10.7. The number of hydrogen-bond donors (Lipinski definition) is 1. The zero-order valence-electron chi connectivity index (χ0n) is 8.53. The van der Waals surface area contributed by atoms with E-state index in [9.17, 15) is 4.79 Å². The van der Waals surface area contributed by atoms with Gasteiger partial charge in [-0.1, -0.05) is 19.4 Å². The van der Waals surface area contributed by atoms with Crippen molar-refractivity contribution in [2.45, 2.75) is 32.6 Å².